The minimum Gasteiger partial charge on any atom is -0.459 e. The van der Waals surface area contributed by atoms with Crippen LogP contribution in [0.3, 0.4) is 0 Å². The highest BCUT2D eigenvalue weighted by Gasteiger charge is 2.32. The second kappa shape index (κ2) is 10.1. The Hall–Kier alpha value is -2.60. The fourth-order valence-electron chi connectivity index (χ4n) is 4.82. The smallest absolute Gasteiger partial charge is 0.289 e. The first kappa shape index (κ1) is 21.6. The lowest BCUT2D eigenvalue weighted by Crippen LogP contribution is -2.50. The highest BCUT2D eigenvalue weighted by molar-refractivity contribution is 5.92. The molecule has 1 aromatic carbocycles. The molecule has 2 aliphatic heterocycles. The summed E-state index contributed by atoms with van der Waals surface area (Å²) in [5, 5.41) is 3.12. The van der Waals surface area contributed by atoms with Gasteiger partial charge in [-0.05, 0) is 63.7 Å². The van der Waals surface area contributed by atoms with Crippen molar-refractivity contribution in [1.82, 2.24) is 15.1 Å². The van der Waals surface area contributed by atoms with Crippen LogP contribution in [0.4, 0.5) is 0 Å². The van der Waals surface area contributed by atoms with E-state index in [1.165, 1.54) is 5.56 Å². The largest absolute Gasteiger partial charge is 0.459 e. The van der Waals surface area contributed by atoms with E-state index in [1.807, 2.05) is 36.1 Å². The number of carbonyl (C=O) groups excluding carboxylic acids is 2. The van der Waals surface area contributed by atoms with Crippen molar-refractivity contribution in [3.63, 3.8) is 0 Å². The van der Waals surface area contributed by atoms with Gasteiger partial charge >= 0.3 is 0 Å². The van der Waals surface area contributed by atoms with Gasteiger partial charge < -0.3 is 19.5 Å². The summed E-state index contributed by atoms with van der Waals surface area (Å²) in [7, 11) is 0. The van der Waals surface area contributed by atoms with Gasteiger partial charge in [-0.2, -0.15) is 0 Å². The van der Waals surface area contributed by atoms with Crippen molar-refractivity contribution in [3.05, 3.63) is 59.5 Å². The molecule has 0 unspecified atom stereocenters. The average molecular weight is 424 g/mol. The Morgan fingerprint density at radius 3 is 2.35 bits per heavy atom. The number of nitrogens with one attached hydrogen (secondary N) is 1. The summed E-state index contributed by atoms with van der Waals surface area (Å²) in [4.78, 5) is 29.6. The number of hydrogen-bond donors (Lipinski definition) is 1. The Balaban J connectivity index is 1.17. The Morgan fingerprint density at radius 1 is 1.00 bits per heavy atom. The maximum Gasteiger partial charge on any atom is 0.289 e. The summed E-state index contributed by atoms with van der Waals surface area (Å²) >= 11 is 0. The minimum absolute atomic E-state index is 0.00633. The summed E-state index contributed by atoms with van der Waals surface area (Å²) in [5.74, 6) is 0.796. The van der Waals surface area contributed by atoms with Gasteiger partial charge in [0.25, 0.3) is 5.91 Å². The van der Waals surface area contributed by atoms with Gasteiger partial charge in [-0.1, -0.05) is 30.3 Å². The van der Waals surface area contributed by atoms with E-state index in [4.69, 9.17) is 4.42 Å². The van der Waals surface area contributed by atoms with Crippen molar-refractivity contribution in [2.45, 2.75) is 45.1 Å². The predicted octanol–water partition coefficient (Wildman–Crippen LogP) is 3.26. The number of furan rings is 1. The van der Waals surface area contributed by atoms with Gasteiger partial charge in [-0.15, -0.1) is 0 Å². The van der Waals surface area contributed by atoms with E-state index < -0.39 is 0 Å². The zero-order chi connectivity index (χ0) is 21.6. The molecule has 0 spiro atoms. The monoisotopic (exact) mass is 423 g/mol. The van der Waals surface area contributed by atoms with Crippen LogP contribution in [0, 0.1) is 12.8 Å². The molecule has 6 heteroatoms. The molecule has 1 aromatic heterocycles. The van der Waals surface area contributed by atoms with Gasteiger partial charge in [0.05, 0.1) is 6.26 Å². The van der Waals surface area contributed by atoms with Gasteiger partial charge in [-0.3, -0.25) is 9.59 Å². The lowest BCUT2D eigenvalue weighted by atomic mass is 9.92. The summed E-state index contributed by atoms with van der Waals surface area (Å²) in [6.45, 7) is 6.07. The summed E-state index contributed by atoms with van der Waals surface area (Å²) < 4.78 is 5.37. The molecular formula is C25H33N3O3. The lowest BCUT2D eigenvalue weighted by Gasteiger charge is -2.41. The number of likely N-dealkylation sites (tertiary alicyclic amines) is 2. The second-order valence-electron chi connectivity index (χ2n) is 8.79. The Bertz CT molecular complexity index is 863. The first-order valence-corrected chi connectivity index (χ1v) is 11.5. The molecule has 0 aliphatic carbocycles. The fourth-order valence-corrected chi connectivity index (χ4v) is 4.82. The van der Waals surface area contributed by atoms with Crippen molar-refractivity contribution in [2.24, 2.45) is 5.92 Å². The average Bonchev–Trinajstić information content (AvgIpc) is 3.25. The van der Waals surface area contributed by atoms with E-state index in [0.29, 0.717) is 18.3 Å². The van der Waals surface area contributed by atoms with Crippen LogP contribution in [-0.4, -0.2) is 60.4 Å². The van der Waals surface area contributed by atoms with E-state index in [-0.39, 0.29) is 17.7 Å². The zero-order valence-corrected chi connectivity index (χ0v) is 18.4. The van der Waals surface area contributed by atoms with Gasteiger partial charge in [0.2, 0.25) is 5.91 Å². The van der Waals surface area contributed by atoms with Crippen molar-refractivity contribution in [3.8, 4) is 0 Å². The SMILES string of the molecule is Cc1ccoc1C(=O)N1CCC(N2CCC(C(=O)NCCc3ccccc3)CC2)CC1. The lowest BCUT2D eigenvalue weighted by molar-refractivity contribution is -0.126. The molecule has 1 N–H and O–H groups in total. The quantitative estimate of drug-likeness (QED) is 0.775. The third-order valence-corrected chi connectivity index (χ3v) is 6.78. The predicted molar refractivity (Wildman–Crippen MR) is 120 cm³/mol. The van der Waals surface area contributed by atoms with Gasteiger partial charge in [0.15, 0.2) is 5.76 Å². The summed E-state index contributed by atoms with van der Waals surface area (Å²) in [6, 6.07) is 12.6. The number of rotatable bonds is 6. The molecule has 0 atom stereocenters. The molecule has 2 aliphatic rings. The second-order valence-corrected chi connectivity index (χ2v) is 8.79. The third kappa shape index (κ3) is 5.37. The van der Waals surface area contributed by atoms with Crippen LogP contribution < -0.4 is 5.32 Å². The number of nitrogens with zero attached hydrogens (tertiary/aromatic N) is 2. The number of piperidine rings is 2. The van der Waals surface area contributed by atoms with E-state index in [1.54, 1.807) is 6.26 Å². The van der Waals surface area contributed by atoms with E-state index in [9.17, 15) is 9.59 Å². The van der Waals surface area contributed by atoms with E-state index >= 15 is 0 Å². The Kier molecular flexibility index (Phi) is 7.07. The Labute approximate surface area is 184 Å². The number of benzene rings is 1. The van der Waals surface area contributed by atoms with Crippen LogP contribution in [0.15, 0.2) is 47.1 Å². The van der Waals surface area contributed by atoms with Crippen molar-refractivity contribution in [2.75, 3.05) is 32.7 Å². The van der Waals surface area contributed by atoms with Gasteiger partial charge in [-0.25, -0.2) is 0 Å². The van der Waals surface area contributed by atoms with Crippen LogP contribution in [0.2, 0.25) is 0 Å². The van der Waals surface area contributed by atoms with Gasteiger partial charge in [0.1, 0.15) is 0 Å². The molecular weight excluding hydrogens is 390 g/mol. The molecule has 2 fully saturated rings. The van der Waals surface area contributed by atoms with E-state index in [0.717, 1.165) is 63.8 Å². The number of hydrogen-bond acceptors (Lipinski definition) is 4. The minimum atomic E-state index is 0.00633. The maximum atomic E-state index is 12.6. The van der Waals surface area contributed by atoms with Crippen LogP contribution in [-0.2, 0) is 11.2 Å². The van der Waals surface area contributed by atoms with Gasteiger partial charge in [0, 0.05) is 37.2 Å². The first-order valence-electron chi connectivity index (χ1n) is 11.5. The number of aryl methyl sites for hydroxylation is 1. The molecule has 166 valence electrons. The molecule has 3 heterocycles. The highest BCUT2D eigenvalue weighted by Crippen LogP contribution is 2.25. The van der Waals surface area contributed by atoms with Crippen molar-refractivity contribution in [1.29, 1.82) is 0 Å². The van der Waals surface area contributed by atoms with Crippen LogP contribution in [0.1, 0.15) is 47.4 Å². The molecule has 0 radical (unpaired) electrons. The summed E-state index contributed by atoms with van der Waals surface area (Å²) in [6.07, 6.45) is 6.26. The topological polar surface area (TPSA) is 65.8 Å². The Morgan fingerprint density at radius 2 is 1.71 bits per heavy atom. The number of carbonyl (C=O) groups is 2. The molecule has 4 rings (SSSR count). The number of amides is 2. The van der Waals surface area contributed by atoms with Crippen molar-refractivity contribution < 1.29 is 14.0 Å². The maximum absolute atomic E-state index is 12.6. The molecule has 2 amide bonds. The highest BCUT2D eigenvalue weighted by atomic mass is 16.3. The molecule has 2 aromatic rings. The van der Waals surface area contributed by atoms with Crippen LogP contribution >= 0.6 is 0 Å². The molecule has 0 saturated carbocycles. The fraction of sp³-hybridized carbons (Fsp3) is 0.520. The van der Waals surface area contributed by atoms with Crippen LogP contribution in [0.25, 0.3) is 0 Å². The third-order valence-electron chi connectivity index (χ3n) is 6.78. The van der Waals surface area contributed by atoms with E-state index in [2.05, 4.69) is 22.3 Å². The molecule has 0 bridgehead atoms. The summed E-state index contributed by atoms with van der Waals surface area (Å²) in [5.41, 5.74) is 2.15. The first-order chi connectivity index (χ1) is 15.1. The van der Waals surface area contributed by atoms with Crippen LogP contribution in [0.5, 0.6) is 0 Å². The molecule has 2 saturated heterocycles. The molecule has 31 heavy (non-hydrogen) atoms. The normalized spacial score (nSPS) is 18.8. The van der Waals surface area contributed by atoms with Crippen molar-refractivity contribution >= 4 is 11.8 Å². The molecule has 6 nitrogen and oxygen atoms in total. The zero-order valence-electron chi connectivity index (χ0n) is 18.4. The standard InChI is InChI=1S/C25H33N3O3/c1-19-12-18-31-23(19)25(30)28-16-10-22(11-17-28)27-14-8-21(9-15-27)24(29)26-13-7-20-5-3-2-4-6-20/h2-6,12,18,21-22H,7-11,13-17H2,1H3,(H,26,29).